The highest BCUT2D eigenvalue weighted by Crippen LogP contribution is 2.33. The Kier molecular flexibility index (Phi) is 6.18. The van der Waals surface area contributed by atoms with E-state index in [-0.39, 0.29) is 53.1 Å². The zero-order valence-corrected chi connectivity index (χ0v) is 20.0. The van der Waals surface area contributed by atoms with Crippen molar-refractivity contribution in [2.75, 3.05) is 31.3 Å². The molecule has 3 aromatic rings. The van der Waals surface area contributed by atoms with Gasteiger partial charge in [0, 0.05) is 55.3 Å². The highest BCUT2D eigenvalue weighted by molar-refractivity contribution is 6.03. The quantitative estimate of drug-likeness (QED) is 0.396. The fourth-order valence-electron chi connectivity index (χ4n) is 3.85. The van der Waals surface area contributed by atoms with Crippen molar-refractivity contribution in [1.29, 1.82) is 0 Å². The largest absolute Gasteiger partial charge is 0.408 e. The molecule has 0 radical (unpaired) electrons. The first kappa shape index (κ1) is 22.3. The van der Waals surface area contributed by atoms with Crippen molar-refractivity contribution in [1.82, 2.24) is 19.4 Å². The first-order valence-electron chi connectivity index (χ1n) is 12.9. The second kappa shape index (κ2) is 10.2. The van der Waals surface area contributed by atoms with Crippen molar-refractivity contribution in [3.05, 3.63) is 46.6 Å². The summed E-state index contributed by atoms with van der Waals surface area (Å²) in [5.74, 6) is -1.42. The number of alkyl halides is 3. The fourth-order valence-corrected chi connectivity index (χ4v) is 3.85. The predicted molar refractivity (Wildman–Crippen MR) is 131 cm³/mol. The second-order valence-corrected chi connectivity index (χ2v) is 8.69. The number of carbonyl (C=O) groups excluding carboxylic acids is 2. The van der Waals surface area contributed by atoms with Crippen LogP contribution >= 0.6 is 0 Å². The zero-order chi connectivity index (χ0) is 29.4. The Hall–Kier alpha value is -3.87. The number of halogens is 3. The fraction of sp³-hybridized carbons (Fsp3) is 0.417. The number of ether oxygens (including phenoxy) is 1. The Morgan fingerprint density at radius 2 is 2.08 bits per heavy atom. The second-order valence-electron chi connectivity index (χ2n) is 8.69. The average molecular weight is 524 g/mol. The molecule has 198 valence electrons. The maximum Gasteiger partial charge on any atom is 0.408 e. The third-order valence-corrected chi connectivity index (χ3v) is 6.12. The maximum atomic E-state index is 13.5. The molecule has 0 bridgehead atoms. The molecule has 10 nitrogen and oxygen atoms in total. The van der Waals surface area contributed by atoms with Gasteiger partial charge in [0.15, 0.2) is 0 Å². The van der Waals surface area contributed by atoms with Gasteiger partial charge in [-0.2, -0.15) is 13.2 Å². The van der Waals surface area contributed by atoms with E-state index in [1.807, 2.05) is 5.32 Å². The summed E-state index contributed by atoms with van der Waals surface area (Å²) >= 11 is 0. The topological polar surface area (TPSA) is 119 Å². The SMILES string of the molecule is [2H]C([2H])([2H])NC(=O)c1cnc(NC(=O)C2CC2)cc1Nc1cn(CCOC)c2ccn([C@H](C)C(F)(F)F)c(=O)c12. The number of amides is 2. The third-order valence-electron chi connectivity index (χ3n) is 6.12. The molecular formula is C24H27F3N6O4. The molecule has 1 aliphatic carbocycles. The minimum atomic E-state index is -4.69. The van der Waals surface area contributed by atoms with Crippen molar-refractivity contribution in [2.24, 2.45) is 5.92 Å². The van der Waals surface area contributed by atoms with E-state index in [0.717, 1.165) is 32.2 Å². The van der Waals surface area contributed by atoms with Crippen molar-refractivity contribution in [2.45, 2.75) is 38.5 Å². The molecule has 4 rings (SSSR count). The van der Waals surface area contributed by atoms with Crippen LogP contribution in [0.4, 0.5) is 30.4 Å². The molecule has 3 N–H and O–H groups in total. The van der Waals surface area contributed by atoms with Gasteiger partial charge < -0.3 is 29.8 Å². The molecule has 1 atom stereocenters. The number of pyridine rings is 2. The molecule has 0 spiro atoms. The van der Waals surface area contributed by atoms with E-state index in [2.05, 4.69) is 15.6 Å². The van der Waals surface area contributed by atoms with E-state index < -0.39 is 30.7 Å². The van der Waals surface area contributed by atoms with Gasteiger partial charge in [-0.1, -0.05) is 0 Å². The standard InChI is InChI=1S/C24H27F3N6O4/c1-13(24(25,26)27)33-7-6-18-20(23(33)36)17(12-32(18)8-9-37-3)30-16-10-19(31-21(34)14-4-5-14)29-11-15(16)22(35)28-2/h6-7,10-14H,4-5,8-9H2,1-3H3,(H,28,35)(H2,29,30,31,34)/t13-/m1/s1/i2D3. The highest BCUT2D eigenvalue weighted by atomic mass is 19.4. The van der Waals surface area contributed by atoms with Gasteiger partial charge in [0.2, 0.25) is 5.91 Å². The Bertz CT molecular complexity index is 1500. The molecule has 37 heavy (non-hydrogen) atoms. The number of hydrogen-bond acceptors (Lipinski definition) is 6. The monoisotopic (exact) mass is 523 g/mol. The molecule has 0 saturated heterocycles. The van der Waals surface area contributed by atoms with Gasteiger partial charge in [-0.15, -0.1) is 0 Å². The van der Waals surface area contributed by atoms with E-state index in [4.69, 9.17) is 8.85 Å². The van der Waals surface area contributed by atoms with Crippen molar-refractivity contribution in [3.8, 4) is 0 Å². The van der Waals surface area contributed by atoms with Gasteiger partial charge in [-0.25, -0.2) is 4.98 Å². The minimum Gasteiger partial charge on any atom is -0.383 e. The molecule has 0 aliphatic heterocycles. The van der Waals surface area contributed by atoms with Gasteiger partial charge in [0.25, 0.3) is 11.5 Å². The van der Waals surface area contributed by atoms with Crippen LogP contribution < -0.4 is 21.5 Å². The van der Waals surface area contributed by atoms with Crippen molar-refractivity contribution < 1.29 is 31.6 Å². The van der Waals surface area contributed by atoms with Gasteiger partial charge in [0.1, 0.15) is 11.9 Å². The molecule has 0 aromatic carbocycles. The van der Waals surface area contributed by atoms with Crippen molar-refractivity contribution in [3.63, 3.8) is 0 Å². The summed E-state index contributed by atoms with van der Waals surface area (Å²) in [6, 6.07) is 0.535. The van der Waals surface area contributed by atoms with Crippen LogP contribution in [0.5, 0.6) is 0 Å². The molecule has 2 amide bonds. The molecule has 1 fully saturated rings. The van der Waals surface area contributed by atoms with E-state index in [1.165, 1.54) is 25.4 Å². The Labute approximate surface area is 214 Å². The summed E-state index contributed by atoms with van der Waals surface area (Å²) in [4.78, 5) is 42.5. The maximum absolute atomic E-state index is 13.5. The van der Waals surface area contributed by atoms with E-state index in [9.17, 15) is 27.6 Å². The average Bonchev–Trinajstić information content (AvgIpc) is 3.64. The van der Waals surface area contributed by atoms with Crippen LogP contribution in [0.15, 0.2) is 35.5 Å². The Balaban J connectivity index is 1.84. The first-order valence-corrected chi connectivity index (χ1v) is 11.4. The smallest absolute Gasteiger partial charge is 0.383 e. The number of methoxy groups -OCH3 is 1. The number of anilines is 3. The summed E-state index contributed by atoms with van der Waals surface area (Å²) in [6.45, 7) is -1.50. The lowest BCUT2D eigenvalue weighted by atomic mass is 10.2. The molecule has 1 saturated carbocycles. The van der Waals surface area contributed by atoms with Crippen LogP contribution in [0, 0.1) is 5.92 Å². The summed E-state index contributed by atoms with van der Waals surface area (Å²) in [6.07, 6.45) is 0.342. The molecule has 3 heterocycles. The zero-order valence-electron chi connectivity index (χ0n) is 23.0. The summed E-state index contributed by atoms with van der Waals surface area (Å²) in [5.41, 5.74) is -0.857. The lowest BCUT2D eigenvalue weighted by Gasteiger charge is -2.19. The number of carbonyl (C=O) groups is 2. The third kappa shape index (κ3) is 5.45. The van der Waals surface area contributed by atoms with Crippen LogP contribution in [0.1, 0.15) is 40.3 Å². The minimum absolute atomic E-state index is 0.0349. The number of nitrogens with one attached hydrogen (secondary N) is 3. The Morgan fingerprint density at radius 3 is 2.73 bits per heavy atom. The van der Waals surface area contributed by atoms with Crippen LogP contribution in [-0.4, -0.2) is 52.8 Å². The molecule has 13 heteroatoms. The van der Waals surface area contributed by atoms with Gasteiger partial charge in [-0.05, 0) is 25.8 Å². The number of hydrogen-bond donors (Lipinski definition) is 3. The lowest BCUT2D eigenvalue weighted by molar-refractivity contribution is -0.163. The number of fused-ring (bicyclic) bond motifs is 1. The molecular weight excluding hydrogens is 493 g/mol. The van der Waals surface area contributed by atoms with E-state index in [1.54, 1.807) is 4.57 Å². The Morgan fingerprint density at radius 1 is 1.32 bits per heavy atom. The summed E-state index contributed by atoms with van der Waals surface area (Å²) in [7, 11) is 1.47. The van der Waals surface area contributed by atoms with Crippen LogP contribution in [0.3, 0.4) is 0 Å². The van der Waals surface area contributed by atoms with Gasteiger partial charge in [0.05, 0.1) is 34.4 Å². The van der Waals surface area contributed by atoms with Gasteiger partial charge >= 0.3 is 6.18 Å². The molecule has 3 aromatic heterocycles. The van der Waals surface area contributed by atoms with Crippen LogP contribution in [-0.2, 0) is 16.1 Å². The lowest BCUT2D eigenvalue weighted by Crippen LogP contribution is -2.32. The molecule has 1 aliphatic rings. The highest BCUT2D eigenvalue weighted by Gasteiger charge is 2.38. The summed E-state index contributed by atoms with van der Waals surface area (Å²) in [5, 5.41) is 7.27. The normalized spacial score (nSPS) is 16.0. The molecule has 0 unspecified atom stereocenters. The number of nitrogens with zero attached hydrogens (tertiary/aromatic N) is 3. The number of rotatable bonds is 9. The first-order chi connectivity index (χ1) is 18.7. The summed E-state index contributed by atoms with van der Waals surface area (Å²) < 4.78 is 69.8. The van der Waals surface area contributed by atoms with Gasteiger partial charge in [-0.3, -0.25) is 14.4 Å². The number of aromatic nitrogens is 3. The van der Waals surface area contributed by atoms with E-state index in [0.29, 0.717) is 10.1 Å². The predicted octanol–water partition coefficient (Wildman–Crippen LogP) is 3.42. The van der Waals surface area contributed by atoms with E-state index >= 15 is 0 Å². The van der Waals surface area contributed by atoms with Crippen LogP contribution in [0.25, 0.3) is 10.9 Å². The van der Waals surface area contributed by atoms with Crippen molar-refractivity contribution >= 4 is 39.9 Å². The van der Waals surface area contributed by atoms with Crippen LogP contribution in [0.2, 0.25) is 0 Å².